The highest BCUT2D eigenvalue weighted by atomic mass is 32.1. The van der Waals surface area contributed by atoms with Crippen LogP contribution < -0.4 is 11.1 Å². The fraction of sp³-hybridized carbons (Fsp3) is 0.182. The van der Waals surface area contributed by atoms with Crippen molar-refractivity contribution < 1.29 is 9.90 Å². The number of phenols is 1. The van der Waals surface area contributed by atoms with Crippen molar-refractivity contribution in [2.75, 3.05) is 12.3 Å². The van der Waals surface area contributed by atoms with Gasteiger partial charge >= 0.3 is 0 Å². The van der Waals surface area contributed by atoms with E-state index >= 15 is 0 Å². The number of nitrogen functional groups attached to an aromatic ring is 1. The Hall–Kier alpha value is -2.15. The van der Waals surface area contributed by atoms with Gasteiger partial charge in [0.05, 0.1) is 0 Å². The third kappa shape index (κ3) is 3.17. The van der Waals surface area contributed by atoms with Crippen LogP contribution in [0.1, 0.15) is 15.4 Å². The Labute approximate surface area is 107 Å². The van der Waals surface area contributed by atoms with Crippen LogP contribution in [0.5, 0.6) is 5.75 Å². The predicted octanol–water partition coefficient (Wildman–Crippen LogP) is 0.798. The molecule has 0 saturated carbocycles. The number of amides is 1. The molecule has 1 aromatic heterocycles. The summed E-state index contributed by atoms with van der Waals surface area (Å²) in [5, 5.41) is 19.6. The lowest BCUT2D eigenvalue weighted by Crippen LogP contribution is -2.25. The maximum atomic E-state index is 11.6. The number of carbonyl (C=O) groups is 1. The van der Waals surface area contributed by atoms with Crippen molar-refractivity contribution >= 4 is 22.4 Å². The summed E-state index contributed by atoms with van der Waals surface area (Å²) < 4.78 is 0. The van der Waals surface area contributed by atoms with Crippen LogP contribution in [0.25, 0.3) is 0 Å². The normalized spacial score (nSPS) is 10.2. The molecule has 1 amide bonds. The highest BCUT2D eigenvalue weighted by molar-refractivity contribution is 7.16. The molecule has 7 heteroatoms. The van der Waals surface area contributed by atoms with E-state index in [9.17, 15) is 4.79 Å². The van der Waals surface area contributed by atoms with E-state index in [2.05, 4.69) is 15.5 Å². The van der Waals surface area contributed by atoms with E-state index in [1.54, 1.807) is 12.1 Å². The average Bonchev–Trinajstić information content (AvgIpc) is 2.78. The number of nitrogens with two attached hydrogens (primary N) is 1. The fourth-order valence-corrected chi connectivity index (χ4v) is 1.91. The van der Waals surface area contributed by atoms with E-state index in [0.717, 1.165) is 16.9 Å². The fourth-order valence-electron chi connectivity index (χ4n) is 1.38. The number of hydrogen-bond acceptors (Lipinski definition) is 6. The van der Waals surface area contributed by atoms with E-state index in [4.69, 9.17) is 10.8 Å². The standard InChI is InChI=1S/C11H12N4O2S/c12-11-15-14-10(18-11)9(17)13-6-5-7-1-3-8(16)4-2-7/h1-4,16H,5-6H2,(H2,12,15)(H,13,17). The Balaban J connectivity index is 1.82. The number of nitrogens with one attached hydrogen (secondary N) is 1. The lowest BCUT2D eigenvalue weighted by atomic mass is 10.1. The van der Waals surface area contributed by atoms with E-state index in [1.807, 2.05) is 12.1 Å². The van der Waals surface area contributed by atoms with Crippen LogP contribution in [0.3, 0.4) is 0 Å². The minimum atomic E-state index is -0.275. The molecule has 0 bridgehead atoms. The zero-order valence-electron chi connectivity index (χ0n) is 9.46. The third-order valence-corrected chi connectivity index (χ3v) is 3.02. The zero-order chi connectivity index (χ0) is 13.0. The highest BCUT2D eigenvalue weighted by Crippen LogP contribution is 2.11. The first kappa shape index (κ1) is 12.3. The molecule has 4 N–H and O–H groups in total. The van der Waals surface area contributed by atoms with Gasteiger partial charge in [-0.25, -0.2) is 0 Å². The van der Waals surface area contributed by atoms with E-state index in [0.29, 0.717) is 13.0 Å². The van der Waals surface area contributed by atoms with Crippen LogP contribution in [-0.4, -0.2) is 27.8 Å². The maximum Gasteiger partial charge on any atom is 0.282 e. The number of carbonyl (C=O) groups excluding carboxylic acids is 1. The van der Waals surface area contributed by atoms with Gasteiger partial charge < -0.3 is 16.2 Å². The maximum absolute atomic E-state index is 11.6. The summed E-state index contributed by atoms with van der Waals surface area (Å²) in [6.45, 7) is 0.489. The topological polar surface area (TPSA) is 101 Å². The number of aromatic nitrogens is 2. The van der Waals surface area contributed by atoms with Crippen LogP contribution >= 0.6 is 11.3 Å². The second kappa shape index (κ2) is 5.46. The minimum Gasteiger partial charge on any atom is -0.508 e. The van der Waals surface area contributed by atoms with Gasteiger partial charge in [-0.3, -0.25) is 4.79 Å². The number of hydrogen-bond donors (Lipinski definition) is 3. The molecule has 0 aliphatic heterocycles. The first-order valence-corrected chi connectivity index (χ1v) is 6.12. The Bertz CT molecular complexity index is 538. The molecule has 0 radical (unpaired) electrons. The molecule has 0 spiro atoms. The SMILES string of the molecule is Nc1nnc(C(=O)NCCc2ccc(O)cc2)s1. The molecule has 2 rings (SSSR count). The van der Waals surface area contributed by atoms with Crippen molar-refractivity contribution in [3.05, 3.63) is 34.8 Å². The van der Waals surface area contributed by atoms with Crippen LogP contribution in [0, 0.1) is 0 Å². The molecule has 0 atom stereocenters. The van der Waals surface area contributed by atoms with Crippen LogP contribution in [-0.2, 0) is 6.42 Å². The first-order valence-electron chi connectivity index (χ1n) is 5.30. The third-order valence-electron chi connectivity index (χ3n) is 2.27. The molecular formula is C11H12N4O2S. The summed E-state index contributed by atoms with van der Waals surface area (Å²) in [7, 11) is 0. The molecular weight excluding hydrogens is 252 g/mol. The molecule has 2 aromatic rings. The molecule has 0 aliphatic rings. The highest BCUT2D eigenvalue weighted by Gasteiger charge is 2.10. The summed E-state index contributed by atoms with van der Waals surface area (Å²) >= 11 is 1.05. The van der Waals surface area contributed by atoms with Crippen molar-refractivity contribution in [1.82, 2.24) is 15.5 Å². The second-order valence-electron chi connectivity index (χ2n) is 3.62. The number of benzene rings is 1. The van der Waals surface area contributed by atoms with Gasteiger partial charge in [-0.2, -0.15) is 0 Å². The van der Waals surface area contributed by atoms with Gasteiger partial charge in [0.15, 0.2) is 0 Å². The number of nitrogens with zero attached hydrogens (tertiary/aromatic N) is 2. The lowest BCUT2D eigenvalue weighted by molar-refractivity contribution is 0.0953. The smallest absolute Gasteiger partial charge is 0.282 e. The largest absolute Gasteiger partial charge is 0.508 e. The Morgan fingerprint density at radius 2 is 2.06 bits per heavy atom. The van der Waals surface area contributed by atoms with Crippen molar-refractivity contribution in [1.29, 1.82) is 0 Å². The van der Waals surface area contributed by atoms with Crippen molar-refractivity contribution in [3.8, 4) is 5.75 Å². The number of rotatable bonds is 4. The molecule has 6 nitrogen and oxygen atoms in total. The van der Waals surface area contributed by atoms with Gasteiger partial charge in [0.25, 0.3) is 5.91 Å². The second-order valence-corrected chi connectivity index (χ2v) is 4.63. The summed E-state index contributed by atoms with van der Waals surface area (Å²) in [5.74, 6) is -0.0462. The summed E-state index contributed by atoms with van der Waals surface area (Å²) in [5.41, 5.74) is 6.42. The van der Waals surface area contributed by atoms with Crippen LogP contribution in [0.4, 0.5) is 5.13 Å². The minimum absolute atomic E-state index is 0.229. The van der Waals surface area contributed by atoms with Crippen molar-refractivity contribution in [2.45, 2.75) is 6.42 Å². The Morgan fingerprint density at radius 1 is 1.33 bits per heavy atom. The van der Waals surface area contributed by atoms with Crippen LogP contribution in [0.15, 0.2) is 24.3 Å². The number of phenolic OH excluding ortho intramolecular Hbond substituents is 1. The van der Waals surface area contributed by atoms with Gasteiger partial charge in [-0.15, -0.1) is 10.2 Å². The Morgan fingerprint density at radius 3 is 2.67 bits per heavy atom. The number of anilines is 1. The average molecular weight is 264 g/mol. The van der Waals surface area contributed by atoms with Crippen LogP contribution in [0.2, 0.25) is 0 Å². The lowest BCUT2D eigenvalue weighted by Gasteiger charge is -2.03. The summed E-state index contributed by atoms with van der Waals surface area (Å²) in [6, 6.07) is 6.85. The molecule has 0 saturated heterocycles. The monoisotopic (exact) mass is 264 g/mol. The summed E-state index contributed by atoms with van der Waals surface area (Å²) in [4.78, 5) is 11.6. The van der Waals surface area contributed by atoms with Crippen molar-refractivity contribution in [2.24, 2.45) is 0 Å². The van der Waals surface area contributed by atoms with E-state index < -0.39 is 0 Å². The van der Waals surface area contributed by atoms with Crippen molar-refractivity contribution in [3.63, 3.8) is 0 Å². The quantitative estimate of drug-likeness (QED) is 0.758. The molecule has 1 heterocycles. The zero-order valence-corrected chi connectivity index (χ0v) is 10.3. The molecule has 1 aromatic carbocycles. The van der Waals surface area contributed by atoms with Gasteiger partial charge in [0.2, 0.25) is 10.1 Å². The van der Waals surface area contributed by atoms with Gasteiger partial charge in [-0.1, -0.05) is 23.5 Å². The predicted molar refractivity (Wildman–Crippen MR) is 68.5 cm³/mol. The van der Waals surface area contributed by atoms with Gasteiger partial charge in [-0.05, 0) is 24.1 Å². The first-order chi connectivity index (χ1) is 8.65. The molecule has 94 valence electrons. The van der Waals surface area contributed by atoms with E-state index in [-0.39, 0.29) is 21.8 Å². The molecule has 0 fully saturated rings. The van der Waals surface area contributed by atoms with E-state index in [1.165, 1.54) is 0 Å². The number of aromatic hydroxyl groups is 1. The molecule has 18 heavy (non-hydrogen) atoms. The summed E-state index contributed by atoms with van der Waals surface area (Å²) in [6.07, 6.45) is 0.681. The van der Waals surface area contributed by atoms with Gasteiger partial charge in [0, 0.05) is 6.54 Å². The van der Waals surface area contributed by atoms with Gasteiger partial charge in [0.1, 0.15) is 5.75 Å². The molecule has 0 aliphatic carbocycles. The molecule has 0 unspecified atom stereocenters. The Kier molecular flexibility index (Phi) is 3.73.